The molecule has 0 saturated carbocycles. The second-order valence-corrected chi connectivity index (χ2v) is 6.75. The molecule has 0 unspecified atom stereocenters. The number of esters is 2. The van der Waals surface area contributed by atoms with E-state index in [0.717, 1.165) is 5.56 Å². The molecule has 0 N–H and O–H groups in total. The van der Waals surface area contributed by atoms with Gasteiger partial charge in [-0.15, -0.1) is 0 Å². The predicted molar refractivity (Wildman–Crippen MR) is 103 cm³/mol. The molecule has 6 nitrogen and oxygen atoms in total. The summed E-state index contributed by atoms with van der Waals surface area (Å²) in [5, 5.41) is 0. The van der Waals surface area contributed by atoms with Gasteiger partial charge in [-0.05, 0) is 17.7 Å². The van der Waals surface area contributed by atoms with Crippen LogP contribution in [0, 0.1) is 5.92 Å². The molecule has 0 radical (unpaired) electrons. The highest BCUT2D eigenvalue weighted by Gasteiger charge is 2.49. The highest BCUT2D eigenvalue weighted by molar-refractivity contribution is 5.97. The Labute approximate surface area is 164 Å². The van der Waals surface area contributed by atoms with Crippen LogP contribution in [0.2, 0.25) is 0 Å². The van der Waals surface area contributed by atoms with Gasteiger partial charge in [-0.3, -0.25) is 9.59 Å². The molecule has 28 heavy (non-hydrogen) atoms. The number of ether oxygens (including phenoxy) is 2. The van der Waals surface area contributed by atoms with Gasteiger partial charge in [0.2, 0.25) is 0 Å². The second kappa shape index (κ2) is 8.69. The molecule has 0 spiro atoms. The number of carbonyl (C=O) groups is 3. The van der Waals surface area contributed by atoms with Gasteiger partial charge in [0.15, 0.2) is 0 Å². The van der Waals surface area contributed by atoms with E-state index in [-0.39, 0.29) is 18.2 Å². The monoisotopic (exact) mass is 381 g/mol. The molecule has 3 rings (SSSR count). The van der Waals surface area contributed by atoms with E-state index in [1.165, 1.54) is 19.1 Å². The molecular weight excluding hydrogens is 358 g/mol. The van der Waals surface area contributed by atoms with Crippen LogP contribution in [0.15, 0.2) is 60.7 Å². The van der Waals surface area contributed by atoms with Crippen molar-refractivity contribution in [3.63, 3.8) is 0 Å². The van der Waals surface area contributed by atoms with Gasteiger partial charge in [-0.25, -0.2) is 4.79 Å². The molecular formula is C22H23NO5. The lowest BCUT2D eigenvalue weighted by molar-refractivity contribution is -0.148. The van der Waals surface area contributed by atoms with Crippen LogP contribution in [0.3, 0.4) is 0 Å². The molecule has 6 heteroatoms. The standard InChI is InChI=1S/C22H23NO5/c1-27-19(24)13-17-18(15-9-5-3-6-10-15)14-23(20(17)22(26)28-2)21(25)16-11-7-4-8-12-16/h3-12,17-18,20H,13-14H2,1-2H3/t17-,18-,20-/m0/s1. The molecule has 1 heterocycles. The highest BCUT2D eigenvalue weighted by atomic mass is 16.5. The Hall–Kier alpha value is -3.15. The highest BCUT2D eigenvalue weighted by Crippen LogP contribution is 2.40. The summed E-state index contributed by atoms with van der Waals surface area (Å²) in [6, 6.07) is 17.5. The predicted octanol–water partition coefficient (Wildman–Crippen LogP) is 2.65. The fourth-order valence-electron chi connectivity index (χ4n) is 3.87. The lowest BCUT2D eigenvalue weighted by atomic mass is 9.83. The number of rotatable bonds is 5. The fourth-order valence-corrected chi connectivity index (χ4v) is 3.87. The first-order chi connectivity index (χ1) is 13.6. The van der Waals surface area contributed by atoms with Crippen molar-refractivity contribution in [3.8, 4) is 0 Å². The van der Waals surface area contributed by atoms with Gasteiger partial charge in [0.1, 0.15) is 6.04 Å². The molecule has 3 atom stereocenters. The summed E-state index contributed by atoms with van der Waals surface area (Å²) in [6.07, 6.45) is 0.0222. The van der Waals surface area contributed by atoms with Crippen molar-refractivity contribution in [2.45, 2.75) is 18.4 Å². The third-order valence-electron chi connectivity index (χ3n) is 5.23. The third-order valence-corrected chi connectivity index (χ3v) is 5.23. The van der Waals surface area contributed by atoms with Gasteiger partial charge in [-0.1, -0.05) is 48.5 Å². The zero-order chi connectivity index (χ0) is 20.1. The van der Waals surface area contributed by atoms with Crippen LogP contribution in [0.4, 0.5) is 0 Å². The maximum absolute atomic E-state index is 13.2. The number of nitrogens with zero attached hydrogens (tertiary/aromatic N) is 1. The summed E-state index contributed by atoms with van der Waals surface area (Å²) in [5.41, 5.74) is 1.45. The van der Waals surface area contributed by atoms with Crippen molar-refractivity contribution in [3.05, 3.63) is 71.8 Å². The average Bonchev–Trinajstić information content (AvgIpc) is 3.12. The maximum Gasteiger partial charge on any atom is 0.328 e. The molecule has 146 valence electrons. The Morgan fingerprint density at radius 2 is 1.54 bits per heavy atom. The Bertz CT molecular complexity index is 837. The van der Waals surface area contributed by atoms with E-state index >= 15 is 0 Å². The lowest BCUT2D eigenvalue weighted by Crippen LogP contribution is -2.44. The van der Waals surface area contributed by atoms with E-state index < -0.39 is 23.9 Å². The number of hydrogen-bond acceptors (Lipinski definition) is 5. The molecule has 1 aliphatic heterocycles. The summed E-state index contributed by atoms with van der Waals surface area (Å²) < 4.78 is 9.84. The molecule has 0 aromatic heterocycles. The smallest absolute Gasteiger partial charge is 0.328 e. The molecule has 2 aromatic rings. The number of amides is 1. The number of methoxy groups -OCH3 is 2. The molecule has 1 fully saturated rings. The quantitative estimate of drug-likeness (QED) is 0.745. The number of carbonyl (C=O) groups excluding carboxylic acids is 3. The zero-order valence-corrected chi connectivity index (χ0v) is 15.9. The van der Waals surface area contributed by atoms with Crippen LogP contribution in [0.5, 0.6) is 0 Å². The number of likely N-dealkylation sites (tertiary alicyclic amines) is 1. The first-order valence-electron chi connectivity index (χ1n) is 9.12. The van der Waals surface area contributed by atoms with Gasteiger partial charge >= 0.3 is 11.9 Å². The van der Waals surface area contributed by atoms with E-state index in [1.807, 2.05) is 36.4 Å². The van der Waals surface area contributed by atoms with Crippen molar-refractivity contribution >= 4 is 17.8 Å². The maximum atomic E-state index is 13.2. The van der Waals surface area contributed by atoms with Crippen molar-refractivity contribution in [1.29, 1.82) is 0 Å². The van der Waals surface area contributed by atoms with E-state index in [1.54, 1.807) is 24.3 Å². The van der Waals surface area contributed by atoms with Gasteiger partial charge in [0.25, 0.3) is 5.91 Å². The molecule has 2 aromatic carbocycles. The van der Waals surface area contributed by atoms with Crippen LogP contribution in [0.1, 0.15) is 28.3 Å². The van der Waals surface area contributed by atoms with Crippen LogP contribution >= 0.6 is 0 Å². The first-order valence-corrected chi connectivity index (χ1v) is 9.12. The summed E-state index contributed by atoms with van der Waals surface area (Å²) in [6.45, 7) is 0.319. The normalized spacial score (nSPS) is 21.2. The van der Waals surface area contributed by atoms with Crippen molar-refractivity contribution < 1.29 is 23.9 Å². The van der Waals surface area contributed by atoms with Crippen LogP contribution in [-0.2, 0) is 19.1 Å². The fraction of sp³-hybridized carbons (Fsp3) is 0.318. The summed E-state index contributed by atoms with van der Waals surface area (Å²) in [4.78, 5) is 39.4. The Morgan fingerprint density at radius 1 is 0.929 bits per heavy atom. The van der Waals surface area contributed by atoms with E-state index in [4.69, 9.17) is 9.47 Å². The van der Waals surface area contributed by atoms with Gasteiger partial charge < -0.3 is 14.4 Å². The molecule has 1 aliphatic rings. The van der Waals surface area contributed by atoms with E-state index in [2.05, 4.69) is 0 Å². The van der Waals surface area contributed by atoms with Crippen molar-refractivity contribution in [2.75, 3.05) is 20.8 Å². The molecule has 1 amide bonds. The average molecular weight is 381 g/mol. The van der Waals surface area contributed by atoms with Crippen molar-refractivity contribution in [1.82, 2.24) is 4.90 Å². The minimum absolute atomic E-state index is 0.0222. The molecule has 0 bridgehead atoms. The van der Waals surface area contributed by atoms with Gasteiger partial charge in [0, 0.05) is 23.9 Å². The Balaban J connectivity index is 2.02. The first kappa shape index (κ1) is 19.6. The summed E-state index contributed by atoms with van der Waals surface area (Å²) in [5.74, 6) is -1.83. The Kier molecular flexibility index (Phi) is 6.09. The molecule has 1 saturated heterocycles. The van der Waals surface area contributed by atoms with E-state index in [0.29, 0.717) is 12.1 Å². The van der Waals surface area contributed by atoms with Gasteiger partial charge in [0.05, 0.1) is 20.6 Å². The van der Waals surface area contributed by atoms with Crippen LogP contribution in [-0.4, -0.2) is 49.6 Å². The minimum atomic E-state index is -0.859. The topological polar surface area (TPSA) is 72.9 Å². The van der Waals surface area contributed by atoms with Crippen LogP contribution in [0.25, 0.3) is 0 Å². The van der Waals surface area contributed by atoms with Crippen LogP contribution < -0.4 is 0 Å². The summed E-state index contributed by atoms with van der Waals surface area (Å²) in [7, 11) is 2.60. The number of benzene rings is 2. The zero-order valence-electron chi connectivity index (χ0n) is 15.9. The third kappa shape index (κ3) is 3.91. The van der Waals surface area contributed by atoms with E-state index in [9.17, 15) is 14.4 Å². The molecule has 0 aliphatic carbocycles. The number of hydrogen-bond donors (Lipinski definition) is 0. The Morgan fingerprint density at radius 3 is 2.11 bits per heavy atom. The van der Waals surface area contributed by atoms with Crippen molar-refractivity contribution in [2.24, 2.45) is 5.92 Å². The second-order valence-electron chi connectivity index (χ2n) is 6.75. The summed E-state index contributed by atoms with van der Waals surface area (Å²) >= 11 is 0. The SMILES string of the molecule is COC(=O)C[C@@H]1[C@@H](C(=O)OC)N(C(=O)c2ccccc2)C[C@H]1c1ccccc1. The lowest BCUT2D eigenvalue weighted by Gasteiger charge is -2.26. The van der Waals surface area contributed by atoms with Gasteiger partial charge in [-0.2, -0.15) is 0 Å². The minimum Gasteiger partial charge on any atom is -0.469 e. The largest absolute Gasteiger partial charge is 0.469 e.